The Balaban J connectivity index is 2.49. The first-order chi connectivity index (χ1) is 6.13. The summed E-state index contributed by atoms with van der Waals surface area (Å²) in [7, 11) is 0. The summed E-state index contributed by atoms with van der Waals surface area (Å²) in [6.45, 7) is 6.38. The fourth-order valence-corrected chi connectivity index (χ4v) is 2.07. The molecule has 0 radical (unpaired) electrons. The van der Waals surface area contributed by atoms with Gasteiger partial charge in [-0.25, -0.2) is 0 Å². The number of carbonyl (C=O) groups excluding carboxylic acids is 1. The van der Waals surface area contributed by atoms with E-state index in [1.54, 1.807) is 0 Å². The Hall–Kier alpha value is -0.590. The van der Waals surface area contributed by atoms with Gasteiger partial charge in [0.2, 0.25) is 0 Å². The molecule has 0 saturated heterocycles. The molecule has 1 aliphatic carbocycles. The molecule has 1 nitrogen and oxygen atoms in total. The lowest BCUT2D eigenvalue weighted by Gasteiger charge is -2.26. The molecular formula is C12H20O. The third-order valence-corrected chi connectivity index (χ3v) is 3.08. The molecule has 0 aromatic heterocycles. The summed E-state index contributed by atoms with van der Waals surface area (Å²) in [4.78, 5) is 11.3. The van der Waals surface area contributed by atoms with Crippen molar-refractivity contribution in [2.45, 2.75) is 46.5 Å². The first-order valence-electron chi connectivity index (χ1n) is 5.32. The predicted molar refractivity (Wildman–Crippen MR) is 55.6 cm³/mol. The standard InChI is InChI=1S/C12H20O/c1-4-12(13)8-11-6-5-9(2)7-10(11)3/h7,10-11H,4-6,8H2,1-3H3/t10-,11?/m0/s1. The molecule has 1 heteroatoms. The van der Waals surface area contributed by atoms with E-state index < -0.39 is 0 Å². The molecule has 0 saturated carbocycles. The summed E-state index contributed by atoms with van der Waals surface area (Å²) in [5.41, 5.74) is 1.49. The van der Waals surface area contributed by atoms with Gasteiger partial charge in [0.15, 0.2) is 0 Å². The van der Waals surface area contributed by atoms with Crippen LogP contribution in [-0.2, 0) is 4.79 Å². The molecule has 0 aromatic rings. The molecule has 0 amide bonds. The van der Waals surface area contributed by atoms with Crippen LogP contribution in [0.5, 0.6) is 0 Å². The maximum atomic E-state index is 11.3. The van der Waals surface area contributed by atoms with Crippen molar-refractivity contribution in [2.75, 3.05) is 0 Å². The summed E-state index contributed by atoms with van der Waals surface area (Å²) in [5.74, 6) is 1.63. The van der Waals surface area contributed by atoms with E-state index in [4.69, 9.17) is 0 Å². The van der Waals surface area contributed by atoms with Crippen LogP contribution in [0.2, 0.25) is 0 Å². The Kier molecular flexibility index (Phi) is 3.71. The lowest BCUT2D eigenvalue weighted by atomic mass is 9.79. The minimum absolute atomic E-state index is 0.421. The van der Waals surface area contributed by atoms with Crippen LogP contribution in [-0.4, -0.2) is 5.78 Å². The number of carbonyl (C=O) groups is 1. The summed E-state index contributed by atoms with van der Waals surface area (Å²) < 4.78 is 0. The monoisotopic (exact) mass is 180 g/mol. The minimum atomic E-state index is 0.421. The molecule has 0 bridgehead atoms. The first-order valence-corrected chi connectivity index (χ1v) is 5.32. The van der Waals surface area contributed by atoms with Crippen LogP contribution in [0.4, 0.5) is 0 Å². The van der Waals surface area contributed by atoms with Crippen LogP contribution < -0.4 is 0 Å². The fraction of sp³-hybridized carbons (Fsp3) is 0.750. The number of hydrogen-bond acceptors (Lipinski definition) is 1. The van der Waals surface area contributed by atoms with Crippen LogP contribution in [0.15, 0.2) is 11.6 Å². The topological polar surface area (TPSA) is 17.1 Å². The first kappa shape index (κ1) is 10.5. The second-order valence-corrected chi connectivity index (χ2v) is 4.27. The van der Waals surface area contributed by atoms with Crippen molar-refractivity contribution in [1.82, 2.24) is 0 Å². The van der Waals surface area contributed by atoms with Crippen molar-refractivity contribution >= 4 is 5.78 Å². The van der Waals surface area contributed by atoms with Gasteiger partial charge in [0, 0.05) is 12.8 Å². The molecule has 0 spiro atoms. The van der Waals surface area contributed by atoms with Crippen molar-refractivity contribution in [3.05, 3.63) is 11.6 Å². The predicted octanol–water partition coefficient (Wildman–Crippen LogP) is 3.35. The van der Waals surface area contributed by atoms with E-state index in [0.29, 0.717) is 24.0 Å². The van der Waals surface area contributed by atoms with Gasteiger partial charge in [0.1, 0.15) is 5.78 Å². The van der Waals surface area contributed by atoms with Crippen LogP contribution in [0.25, 0.3) is 0 Å². The fourth-order valence-electron chi connectivity index (χ4n) is 2.07. The molecule has 0 heterocycles. The maximum absolute atomic E-state index is 11.3. The third-order valence-electron chi connectivity index (χ3n) is 3.08. The molecule has 0 N–H and O–H groups in total. The highest BCUT2D eigenvalue weighted by molar-refractivity contribution is 5.78. The van der Waals surface area contributed by atoms with E-state index in [2.05, 4.69) is 19.9 Å². The SMILES string of the molecule is CCC(=O)CC1CCC(C)=C[C@@H]1C. The van der Waals surface area contributed by atoms with E-state index in [-0.39, 0.29) is 0 Å². The van der Waals surface area contributed by atoms with Crippen LogP contribution in [0, 0.1) is 11.8 Å². The molecular weight excluding hydrogens is 160 g/mol. The van der Waals surface area contributed by atoms with E-state index in [1.807, 2.05) is 6.92 Å². The average Bonchev–Trinajstić information content (AvgIpc) is 2.09. The Labute approximate surface area is 81.2 Å². The van der Waals surface area contributed by atoms with Gasteiger partial charge in [-0.1, -0.05) is 25.5 Å². The van der Waals surface area contributed by atoms with Crippen molar-refractivity contribution in [1.29, 1.82) is 0 Å². The lowest BCUT2D eigenvalue weighted by molar-refractivity contribution is -0.120. The zero-order valence-corrected chi connectivity index (χ0v) is 8.97. The van der Waals surface area contributed by atoms with Crippen LogP contribution in [0.1, 0.15) is 46.5 Å². The van der Waals surface area contributed by atoms with Crippen LogP contribution >= 0.6 is 0 Å². The highest BCUT2D eigenvalue weighted by Crippen LogP contribution is 2.30. The van der Waals surface area contributed by atoms with Crippen molar-refractivity contribution in [3.8, 4) is 0 Å². The van der Waals surface area contributed by atoms with E-state index in [1.165, 1.54) is 18.4 Å². The highest BCUT2D eigenvalue weighted by Gasteiger charge is 2.21. The van der Waals surface area contributed by atoms with Gasteiger partial charge in [-0.2, -0.15) is 0 Å². The van der Waals surface area contributed by atoms with Gasteiger partial charge in [0.25, 0.3) is 0 Å². The number of ketones is 1. The zero-order valence-electron chi connectivity index (χ0n) is 8.97. The molecule has 13 heavy (non-hydrogen) atoms. The molecule has 0 aliphatic heterocycles. The molecule has 1 unspecified atom stereocenters. The highest BCUT2D eigenvalue weighted by atomic mass is 16.1. The molecule has 1 aliphatic rings. The van der Waals surface area contributed by atoms with Gasteiger partial charge < -0.3 is 0 Å². The second-order valence-electron chi connectivity index (χ2n) is 4.27. The third kappa shape index (κ3) is 2.98. The number of hydrogen-bond donors (Lipinski definition) is 0. The van der Waals surface area contributed by atoms with Gasteiger partial charge in [-0.15, -0.1) is 0 Å². The normalized spacial score (nSPS) is 28.4. The molecule has 1 rings (SSSR count). The van der Waals surface area contributed by atoms with E-state index >= 15 is 0 Å². The van der Waals surface area contributed by atoms with Crippen molar-refractivity contribution in [3.63, 3.8) is 0 Å². The molecule has 0 fully saturated rings. The van der Waals surface area contributed by atoms with Gasteiger partial charge in [0.05, 0.1) is 0 Å². The molecule has 0 aromatic carbocycles. The van der Waals surface area contributed by atoms with Gasteiger partial charge in [-0.05, 0) is 31.6 Å². The van der Waals surface area contributed by atoms with Gasteiger partial charge >= 0.3 is 0 Å². The average molecular weight is 180 g/mol. The number of rotatable bonds is 3. The van der Waals surface area contributed by atoms with E-state index in [9.17, 15) is 4.79 Å². The van der Waals surface area contributed by atoms with Crippen molar-refractivity contribution in [2.24, 2.45) is 11.8 Å². The number of allylic oxidation sites excluding steroid dienone is 2. The quantitative estimate of drug-likeness (QED) is 0.609. The van der Waals surface area contributed by atoms with E-state index in [0.717, 1.165) is 6.42 Å². The van der Waals surface area contributed by atoms with Crippen LogP contribution in [0.3, 0.4) is 0 Å². The van der Waals surface area contributed by atoms with Crippen molar-refractivity contribution < 1.29 is 4.79 Å². The second kappa shape index (κ2) is 4.59. The largest absolute Gasteiger partial charge is 0.300 e. The van der Waals surface area contributed by atoms with Gasteiger partial charge in [-0.3, -0.25) is 4.79 Å². The summed E-state index contributed by atoms with van der Waals surface area (Å²) in [6, 6.07) is 0. The Bertz CT molecular complexity index is 215. The Morgan fingerprint density at radius 3 is 2.85 bits per heavy atom. The summed E-state index contributed by atoms with van der Waals surface area (Å²) >= 11 is 0. The Morgan fingerprint density at radius 2 is 2.31 bits per heavy atom. The summed E-state index contributed by atoms with van der Waals surface area (Å²) in [6.07, 6.45) is 6.21. The lowest BCUT2D eigenvalue weighted by Crippen LogP contribution is -2.18. The smallest absolute Gasteiger partial charge is 0.132 e. The molecule has 74 valence electrons. The molecule has 2 atom stereocenters. The zero-order chi connectivity index (χ0) is 9.84. The minimum Gasteiger partial charge on any atom is -0.300 e. The maximum Gasteiger partial charge on any atom is 0.132 e. The Morgan fingerprint density at radius 1 is 1.62 bits per heavy atom. The number of Topliss-reactive ketones (excluding diaryl/α,β-unsaturated/α-hetero) is 1. The summed E-state index contributed by atoms with van der Waals surface area (Å²) in [5, 5.41) is 0.